The first-order chi connectivity index (χ1) is 9.29. The Morgan fingerprint density at radius 3 is 2.42 bits per heavy atom. The zero-order chi connectivity index (χ0) is 13.3. The highest BCUT2D eigenvalue weighted by Gasteiger charge is 2.39. The van der Waals surface area contributed by atoms with E-state index in [1.165, 1.54) is 0 Å². The predicted molar refractivity (Wildman–Crippen MR) is 73.8 cm³/mol. The van der Waals surface area contributed by atoms with Crippen LogP contribution in [0.25, 0.3) is 11.3 Å². The van der Waals surface area contributed by atoms with E-state index in [4.69, 9.17) is 4.98 Å². The maximum Gasteiger partial charge on any atom is 0.0705 e. The normalized spacial score (nSPS) is 16.3. The van der Waals surface area contributed by atoms with Crippen molar-refractivity contribution >= 4 is 0 Å². The predicted octanol–water partition coefficient (Wildman–Crippen LogP) is 1.92. The summed E-state index contributed by atoms with van der Waals surface area (Å²) < 4.78 is 0. The van der Waals surface area contributed by atoms with E-state index in [1.54, 1.807) is 0 Å². The van der Waals surface area contributed by atoms with Crippen molar-refractivity contribution in [2.24, 2.45) is 0 Å². The monoisotopic (exact) mass is 255 g/mol. The van der Waals surface area contributed by atoms with E-state index in [1.807, 2.05) is 36.4 Å². The minimum absolute atomic E-state index is 0.0538. The zero-order valence-corrected chi connectivity index (χ0v) is 10.7. The van der Waals surface area contributed by atoms with Gasteiger partial charge in [0, 0.05) is 5.56 Å². The quantitative estimate of drug-likeness (QED) is 0.881. The summed E-state index contributed by atoms with van der Waals surface area (Å²) in [6.07, 6.45) is 1.64. The fourth-order valence-corrected chi connectivity index (χ4v) is 2.77. The Kier molecular flexibility index (Phi) is 3.09. The number of aliphatic hydroxyl groups is 2. The molecule has 0 saturated carbocycles. The van der Waals surface area contributed by atoms with Crippen LogP contribution in [0.5, 0.6) is 0 Å². The number of fused-ring (bicyclic) bond motifs is 1. The third kappa shape index (κ3) is 1.95. The SMILES string of the molecule is OCC1(CO)CCc2ccc(-c3ccccc3)nc21. The van der Waals surface area contributed by atoms with Gasteiger partial charge in [-0.1, -0.05) is 36.4 Å². The Labute approximate surface area is 112 Å². The molecule has 3 heteroatoms. The summed E-state index contributed by atoms with van der Waals surface area (Å²) in [5.74, 6) is 0. The topological polar surface area (TPSA) is 53.4 Å². The molecule has 1 aliphatic rings. The summed E-state index contributed by atoms with van der Waals surface area (Å²) in [5, 5.41) is 19.2. The molecule has 3 rings (SSSR count). The number of rotatable bonds is 3. The van der Waals surface area contributed by atoms with Gasteiger partial charge in [-0.2, -0.15) is 0 Å². The highest BCUT2D eigenvalue weighted by molar-refractivity contribution is 5.60. The van der Waals surface area contributed by atoms with E-state index in [0.717, 1.165) is 35.4 Å². The van der Waals surface area contributed by atoms with Crippen LogP contribution in [0.4, 0.5) is 0 Å². The molecule has 0 spiro atoms. The van der Waals surface area contributed by atoms with Gasteiger partial charge in [0.2, 0.25) is 0 Å². The summed E-state index contributed by atoms with van der Waals surface area (Å²) >= 11 is 0. The van der Waals surface area contributed by atoms with Gasteiger partial charge in [0.15, 0.2) is 0 Å². The molecule has 0 aliphatic heterocycles. The summed E-state index contributed by atoms with van der Waals surface area (Å²) in [5.41, 5.74) is 3.39. The Balaban J connectivity index is 2.09. The van der Waals surface area contributed by atoms with Crippen molar-refractivity contribution in [3.63, 3.8) is 0 Å². The van der Waals surface area contributed by atoms with Crippen molar-refractivity contribution < 1.29 is 10.2 Å². The number of pyridine rings is 1. The van der Waals surface area contributed by atoms with E-state index in [0.29, 0.717) is 0 Å². The fraction of sp³-hybridized carbons (Fsp3) is 0.312. The molecule has 0 atom stereocenters. The molecule has 1 aliphatic carbocycles. The van der Waals surface area contributed by atoms with E-state index >= 15 is 0 Å². The van der Waals surface area contributed by atoms with Gasteiger partial charge in [0.25, 0.3) is 0 Å². The zero-order valence-electron chi connectivity index (χ0n) is 10.7. The second-order valence-corrected chi connectivity index (χ2v) is 5.17. The van der Waals surface area contributed by atoms with Gasteiger partial charge in [-0.05, 0) is 24.5 Å². The summed E-state index contributed by atoms with van der Waals surface area (Å²) in [6, 6.07) is 14.1. The second-order valence-electron chi connectivity index (χ2n) is 5.17. The van der Waals surface area contributed by atoms with Crippen LogP contribution in [0.1, 0.15) is 17.7 Å². The molecular formula is C16H17NO2. The van der Waals surface area contributed by atoms with Crippen LogP contribution in [0, 0.1) is 0 Å². The van der Waals surface area contributed by atoms with Gasteiger partial charge < -0.3 is 10.2 Å². The number of aliphatic hydroxyl groups excluding tert-OH is 2. The molecule has 3 nitrogen and oxygen atoms in total. The average Bonchev–Trinajstić information content (AvgIpc) is 2.86. The molecule has 19 heavy (non-hydrogen) atoms. The number of hydrogen-bond acceptors (Lipinski definition) is 3. The first-order valence-corrected chi connectivity index (χ1v) is 6.57. The molecular weight excluding hydrogens is 238 g/mol. The minimum Gasteiger partial charge on any atom is -0.395 e. The molecule has 1 aromatic carbocycles. The molecule has 1 heterocycles. The second kappa shape index (κ2) is 4.76. The lowest BCUT2D eigenvalue weighted by molar-refractivity contribution is 0.115. The summed E-state index contributed by atoms with van der Waals surface area (Å²) in [6.45, 7) is -0.108. The van der Waals surface area contributed by atoms with Gasteiger partial charge in [0.05, 0.1) is 30.0 Å². The fourth-order valence-electron chi connectivity index (χ4n) is 2.77. The van der Waals surface area contributed by atoms with Crippen molar-refractivity contribution in [1.29, 1.82) is 0 Å². The van der Waals surface area contributed by atoms with Gasteiger partial charge in [-0.15, -0.1) is 0 Å². The Morgan fingerprint density at radius 2 is 1.74 bits per heavy atom. The highest BCUT2D eigenvalue weighted by atomic mass is 16.3. The number of benzene rings is 1. The van der Waals surface area contributed by atoms with Gasteiger partial charge >= 0.3 is 0 Å². The molecule has 0 radical (unpaired) electrons. The van der Waals surface area contributed by atoms with Crippen molar-refractivity contribution in [2.75, 3.05) is 13.2 Å². The largest absolute Gasteiger partial charge is 0.395 e. The van der Waals surface area contributed by atoms with Crippen LogP contribution < -0.4 is 0 Å². The molecule has 2 N–H and O–H groups in total. The highest BCUT2D eigenvalue weighted by Crippen LogP contribution is 2.38. The third-order valence-corrected chi connectivity index (χ3v) is 4.03. The van der Waals surface area contributed by atoms with E-state index in [2.05, 4.69) is 6.07 Å². The Morgan fingerprint density at radius 1 is 1.00 bits per heavy atom. The first kappa shape index (κ1) is 12.3. The number of aryl methyl sites for hydroxylation is 1. The van der Waals surface area contributed by atoms with Crippen LogP contribution in [0.15, 0.2) is 42.5 Å². The summed E-state index contributed by atoms with van der Waals surface area (Å²) in [7, 11) is 0. The lowest BCUT2D eigenvalue weighted by atomic mass is 9.87. The van der Waals surface area contributed by atoms with Gasteiger partial charge in [0.1, 0.15) is 0 Å². The first-order valence-electron chi connectivity index (χ1n) is 6.57. The van der Waals surface area contributed by atoms with Crippen molar-refractivity contribution in [3.8, 4) is 11.3 Å². The molecule has 0 bridgehead atoms. The maximum atomic E-state index is 9.62. The van der Waals surface area contributed by atoms with E-state index < -0.39 is 5.41 Å². The molecule has 0 unspecified atom stereocenters. The van der Waals surface area contributed by atoms with Gasteiger partial charge in [-0.25, -0.2) is 0 Å². The smallest absolute Gasteiger partial charge is 0.0705 e. The number of aromatic nitrogens is 1. The van der Waals surface area contributed by atoms with Crippen molar-refractivity contribution in [2.45, 2.75) is 18.3 Å². The standard InChI is InChI=1S/C16H17NO2/c18-10-16(11-19)9-8-13-6-7-14(17-15(13)16)12-4-2-1-3-5-12/h1-7,18-19H,8-11H2. The Bertz CT molecular complexity index is 577. The van der Waals surface area contributed by atoms with Crippen molar-refractivity contribution in [1.82, 2.24) is 4.98 Å². The molecule has 1 aromatic heterocycles. The van der Waals surface area contributed by atoms with E-state index in [-0.39, 0.29) is 13.2 Å². The molecule has 2 aromatic rings. The molecule has 0 amide bonds. The Hall–Kier alpha value is -1.71. The maximum absolute atomic E-state index is 9.62. The number of hydrogen-bond donors (Lipinski definition) is 2. The van der Waals surface area contributed by atoms with Crippen LogP contribution in [-0.4, -0.2) is 28.4 Å². The van der Waals surface area contributed by atoms with Gasteiger partial charge in [-0.3, -0.25) is 4.98 Å². The van der Waals surface area contributed by atoms with Crippen LogP contribution in [-0.2, 0) is 11.8 Å². The van der Waals surface area contributed by atoms with Crippen LogP contribution >= 0.6 is 0 Å². The molecule has 0 fully saturated rings. The van der Waals surface area contributed by atoms with E-state index in [9.17, 15) is 10.2 Å². The average molecular weight is 255 g/mol. The lowest BCUT2D eigenvalue weighted by Gasteiger charge is -2.24. The minimum atomic E-state index is -0.569. The van der Waals surface area contributed by atoms with Crippen LogP contribution in [0.3, 0.4) is 0 Å². The number of nitrogens with zero attached hydrogens (tertiary/aromatic N) is 1. The molecule has 98 valence electrons. The third-order valence-electron chi connectivity index (χ3n) is 4.03. The molecule has 0 saturated heterocycles. The lowest BCUT2D eigenvalue weighted by Crippen LogP contribution is -2.33. The summed E-state index contributed by atoms with van der Waals surface area (Å²) in [4.78, 5) is 4.70. The van der Waals surface area contributed by atoms with Crippen LogP contribution in [0.2, 0.25) is 0 Å². The van der Waals surface area contributed by atoms with Crippen molar-refractivity contribution in [3.05, 3.63) is 53.7 Å².